The van der Waals surface area contributed by atoms with Gasteiger partial charge in [-0.05, 0) is 31.3 Å². The van der Waals surface area contributed by atoms with Gasteiger partial charge in [-0.15, -0.1) is 0 Å². The fourth-order valence-electron chi connectivity index (χ4n) is 5.61. The normalized spacial score (nSPS) is 29.2. The van der Waals surface area contributed by atoms with Crippen LogP contribution in [0.25, 0.3) is 11.3 Å². The number of nitrogens with zero attached hydrogens (tertiary/aromatic N) is 1. The Morgan fingerprint density at radius 1 is 1.19 bits per heavy atom. The van der Waals surface area contributed by atoms with Gasteiger partial charge in [-0.2, -0.15) is 0 Å². The van der Waals surface area contributed by atoms with Crippen molar-refractivity contribution < 1.29 is 44.3 Å². The molecule has 0 saturated heterocycles. The third kappa shape index (κ3) is 3.29. The molecule has 1 aromatic carbocycles. The quantitative estimate of drug-likeness (QED) is 0.136. The number of aliphatic hydroxyl groups is 3. The molecule has 0 heterocycles. The molecular weight excluding hydrogens is 486 g/mol. The van der Waals surface area contributed by atoms with Crippen molar-refractivity contribution in [2.24, 2.45) is 17.6 Å². The van der Waals surface area contributed by atoms with Gasteiger partial charge in [0, 0.05) is 6.42 Å². The number of ketones is 2. The Morgan fingerprint density at radius 3 is 2.35 bits per heavy atom. The summed E-state index contributed by atoms with van der Waals surface area (Å²) in [4.78, 5) is 53.4. The van der Waals surface area contributed by atoms with Crippen LogP contribution in [-0.4, -0.2) is 80.6 Å². The summed E-state index contributed by atoms with van der Waals surface area (Å²) in [5, 5.41) is 44.7. The van der Waals surface area contributed by atoms with Crippen molar-refractivity contribution in [3.8, 4) is 5.75 Å². The van der Waals surface area contributed by atoms with E-state index in [1.165, 1.54) is 38.1 Å². The van der Waals surface area contributed by atoms with E-state index in [-0.39, 0.29) is 28.8 Å². The molecule has 8 N–H and O–H groups in total. The lowest BCUT2D eigenvalue weighted by Gasteiger charge is -2.53. The van der Waals surface area contributed by atoms with Crippen LogP contribution in [0, 0.1) is 11.8 Å². The molecule has 3 aliphatic rings. The summed E-state index contributed by atoms with van der Waals surface area (Å²) in [7, 11) is 2.86. The standard InChI is InChI=1S/C25H27N3O9/c1-5-11(29)37-21-12-8(2)9-6-7-10(26)18(30)13(9)19(31)14(12)22(33)25(36)16(21)17(28(3)4)20(32)15(23(25)34)24(27)35/h6-7,12,16-17,21,30-31,34,36H,2,5,26H2,1,3-4H3,(H2,27,35)/t12-,16-,17+,21-,25+/m1/s1. The molecule has 0 aliphatic heterocycles. The summed E-state index contributed by atoms with van der Waals surface area (Å²) in [5.41, 5.74) is 6.49. The van der Waals surface area contributed by atoms with Gasteiger partial charge in [0.2, 0.25) is 5.78 Å². The zero-order valence-corrected chi connectivity index (χ0v) is 20.3. The number of likely N-dealkylation sites (N-methyl/N-ethyl adjacent to an activating group) is 1. The molecule has 12 nitrogen and oxygen atoms in total. The van der Waals surface area contributed by atoms with Crippen molar-refractivity contribution in [1.82, 2.24) is 4.90 Å². The maximum atomic E-state index is 14.0. The Bertz CT molecular complexity index is 1360. The van der Waals surface area contributed by atoms with Crippen molar-refractivity contribution in [2.45, 2.75) is 31.1 Å². The number of esters is 1. The van der Waals surface area contributed by atoms with E-state index < -0.39 is 81.4 Å². The number of nitrogen functional groups attached to an aromatic ring is 1. The third-order valence-electron chi connectivity index (χ3n) is 7.30. The number of aliphatic hydroxyl groups excluding tert-OH is 2. The number of rotatable bonds is 4. The van der Waals surface area contributed by atoms with Crippen LogP contribution in [-0.2, 0) is 23.9 Å². The van der Waals surface area contributed by atoms with Gasteiger partial charge in [0.05, 0.1) is 34.7 Å². The van der Waals surface area contributed by atoms with Crippen LogP contribution >= 0.6 is 0 Å². The Kier molecular flexibility index (Phi) is 5.92. The molecule has 0 bridgehead atoms. The first-order valence-corrected chi connectivity index (χ1v) is 11.4. The molecule has 1 fully saturated rings. The molecule has 37 heavy (non-hydrogen) atoms. The molecule has 0 radical (unpaired) electrons. The molecule has 0 aromatic heterocycles. The first kappa shape index (κ1) is 25.9. The summed E-state index contributed by atoms with van der Waals surface area (Å²) in [6.07, 6.45) is -1.65. The fourth-order valence-corrected chi connectivity index (χ4v) is 5.61. The predicted octanol–water partition coefficient (Wildman–Crippen LogP) is -0.0514. The molecule has 1 amide bonds. The molecule has 5 atom stereocenters. The number of primary amides is 1. The van der Waals surface area contributed by atoms with Gasteiger partial charge in [-0.3, -0.25) is 24.1 Å². The van der Waals surface area contributed by atoms with Crippen LogP contribution in [0.2, 0.25) is 0 Å². The Morgan fingerprint density at radius 2 is 1.81 bits per heavy atom. The number of phenols is 1. The monoisotopic (exact) mass is 513 g/mol. The molecule has 1 aromatic rings. The maximum absolute atomic E-state index is 14.0. The number of Topliss-reactive ketones (excluding diaryl/α,β-unsaturated/α-hetero) is 2. The van der Waals surface area contributed by atoms with Crippen LogP contribution in [0.3, 0.4) is 0 Å². The molecule has 4 rings (SSSR count). The van der Waals surface area contributed by atoms with E-state index in [0.717, 1.165) is 0 Å². The van der Waals surface area contributed by atoms with Gasteiger partial charge in [0.1, 0.15) is 28.9 Å². The lowest BCUT2D eigenvalue weighted by molar-refractivity contribution is -0.181. The number of carbonyl (C=O) groups is 4. The second-order valence-electron chi connectivity index (χ2n) is 9.48. The lowest BCUT2D eigenvalue weighted by atomic mass is 9.55. The van der Waals surface area contributed by atoms with E-state index in [0.29, 0.717) is 0 Å². The van der Waals surface area contributed by atoms with E-state index in [1.54, 1.807) is 0 Å². The second kappa shape index (κ2) is 8.46. The number of ether oxygens (including phenoxy) is 1. The minimum atomic E-state index is -3.01. The minimum absolute atomic E-state index is 0.122. The van der Waals surface area contributed by atoms with Crippen LogP contribution in [0.5, 0.6) is 5.75 Å². The second-order valence-corrected chi connectivity index (χ2v) is 9.48. The number of phenolic OH excluding ortho intramolecular Hbond substituents is 1. The molecule has 1 saturated carbocycles. The Labute approximate surface area is 211 Å². The zero-order chi connectivity index (χ0) is 27.7. The topological polar surface area (TPSA) is 214 Å². The van der Waals surface area contributed by atoms with Crippen LogP contribution < -0.4 is 11.5 Å². The van der Waals surface area contributed by atoms with Crippen molar-refractivity contribution in [1.29, 1.82) is 0 Å². The number of carbonyl (C=O) groups excluding carboxylic acids is 4. The van der Waals surface area contributed by atoms with Gasteiger partial charge in [0.15, 0.2) is 11.4 Å². The van der Waals surface area contributed by atoms with Crippen molar-refractivity contribution >= 4 is 40.5 Å². The first-order valence-electron chi connectivity index (χ1n) is 11.4. The van der Waals surface area contributed by atoms with Crippen molar-refractivity contribution in [2.75, 3.05) is 19.8 Å². The number of benzene rings is 1. The van der Waals surface area contributed by atoms with Gasteiger partial charge in [0.25, 0.3) is 5.91 Å². The zero-order valence-electron chi connectivity index (χ0n) is 20.3. The molecule has 0 unspecified atom stereocenters. The highest BCUT2D eigenvalue weighted by atomic mass is 16.5. The average Bonchev–Trinajstić information content (AvgIpc) is 2.82. The molecular formula is C25H27N3O9. The number of nitrogens with two attached hydrogens (primary N) is 2. The minimum Gasteiger partial charge on any atom is -0.508 e. The lowest BCUT2D eigenvalue weighted by Crippen LogP contribution is -2.70. The van der Waals surface area contributed by atoms with E-state index in [9.17, 15) is 39.6 Å². The number of aromatic hydroxyl groups is 1. The summed E-state index contributed by atoms with van der Waals surface area (Å²) < 4.78 is 5.68. The molecule has 12 heteroatoms. The predicted molar refractivity (Wildman–Crippen MR) is 130 cm³/mol. The van der Waals surface area contributed by atoms with Gasteiger partial charge in [-0.1, -0.05) is 19.6 Å². The van der Waals surface area contributed by atoms with Gasteiger partial charge < -0.3 is 36.6 Å². The van der Waals surface area contributed by atoms with E-state index >= 15 is 0 Å². The van der Waals surface area contributed by atoms with Gasteiger partial charge in [-0.25, -0.2) is 0 Å². The highest BCUT2D eigenvalue weighted by Crippen LogP contribution is 2.56. The number of hydrogen-bond acceptors (Lipinski definition) is 11. The van der Waals surface area contributed by atoms with Crippen molar-refractivity contribution in [3.63, 3.8) is 0 Å². The highest BCUT2D eigenvalue weighted by Gasteiger charge is 2.69. The van der Waals surface area contributed by atoms with E-state index in [2.05, 4.69) is 6.58 Å². The Balaban J connectivity index is 2.13. The molecule has 196 valence electrons. The number of fused-ring (bicyclic) bond motifs is 3. The third-order valence-corrected chi connectivity index (χ3v) is 7.30. The average molecular weight is 514 g/mol. The van der Waals surface area contributed by atoms with E-state index in [4.69, 9.17) is 16.2 Å². The van der Waals surface area contributed by atoms with E-state index in [1.807, 2.05) is 0 Å². The van der Waals surface area contributed by atoms with Crippen LogP contribution in [0.1, 0.15) is 24.5 Å². The maximum Gasteiger partial charge on any atom is 0.305 e. The van der Waals surface area contributed by atoms with Gasteiger partial charge >= 0.3 is 5.97 Å². The number of amides is 1. The van der Waals surface area contributed by atoms with Crippen LogP contribution in [0.4, 0.5) is 5.69 Å². The number of hydrogen-bond donors (Lipinski definition) is 6. The highest BCUT2D eigenvalue weighted by molar-refractivity contribution is 6.25. The first-order chi connectivity index (χ1) is 17.2. The number of anilines is 1. The summed E-state index contributed by atoms with van der Waals surface area (Å²) in [6.45, 7) is 5.51. The van der Waals surface area contributed by atoms with Crippen LogP contribution in [0.15, 0.2) is 35.6 Å². The largest absolute Gasteiger partial charge is 0.508 e. The summed E-state index contributed by atoms with van der Waals surface area (Å²) >= 11 is 0. The summed E-state index contributed by atoms with van der Waals surface area (Å²) in [6, 6.07) is 1.34. The SMILES string of the molecule is C=C1c2ccc(N)c(O)c2C(O)=C2C(=O)[C@]3(O)C(O)=C(C(N)=O)C(=O)[C@@H](N(C)C)[C@@H]3[C@H](OC(=O)CC)[C@H]12. The molecule has 3 aliphatic carbocycles. The Hall–Kier alpha value is -4.16. The van der Waals surface area contributed by atoms with Crippen molar-refractivity contribution in [3.05, 3.63) is 46.7 Å². The fraction of sp³-hybridized carbons (Fsp3) is 0.360. The molecule has 0 spiro atoms. The summed E-state index contributed by atoms with van der Waals surface area (Å²) in [5.74, 6) is -10.0. The smallest absolute Gasteiger partial charge is 0.305 e.